The van der Waals surface area contributed by atoms with E-state index in [1.807, 2.05) is 0 Å². The summed E-state index contributed by atoms with van der Waals surface area (Å²) in [5.74, 6) is -5.79. The standard InChI is InChI=1S/Cl8N4P4.Cl6N3P3/c1-10-13(4)9-16(7,8)12(3)15(6)11(2)14(10)5;1-8-10(3)7-12(5,6)9(2)11(8)4. The van der Waals surface area contributed by atoms with Crippen LogP contribution in [0.15, 0.2) is 9.03 Å². The highest BCUT2D eigenvalue weighted by Gasteiger charge is 2.43. The van der Waals surface area contributed by atoms with E-state index in [0.717, 1.165) is 19.8 Å². The van der Waals surface area contributed by atoms with Gasteiger partial charge in [-0.25, -0.2) is 9.03 Å². The average molecular weight is 811 g/mol. The Labute approximate surface area is 235 Å². The predicted molar refractivity (Wildman–Crippen MR) is 144 cm³/mol. The van der Waals surface area contributed by atoms with E-state index < -0.39 is 49.7 Å². The van der Waals surface area contributed by atoms with Crippen LogP contribution in [0.5, 0.6) is 0 Å². The minimum absolute atomic E-state index is 0.944. The topological polar surface area (TPSA) is 40.9 Å². The van der Waals surface area contributed by atoms with E-state index in [0.29, 0.717) is 0 Å². The van der Waals surface area contributed by atoms with Gasteiger partial charge in [-0.05, 0) is 126 Å². The Morgan fingerprint density at radius 2 is 0.786 bits per heavy atom. The molecule has 0 aromatic rings. The zero-order chi connectivity index (χ0) is 22.2. The minimum atomic E-state index is -3.05. The van der Waals surface area contributed by atoms with E-state index in [2.05, 4.69) is 9.03 Å². The molecule has 0 fully saturated rings. The molecule has 2 aliphatic rings. The van der Waals surface area contributed by atoms with Gasteiger partial charge in [-0.2, -0.15) is 0 Å². The van der Waals surface area contributed by atoms with Crippen molar-refractivity contribution in [3.05, 3.63) is 0 Å². The van der Waals surface area contributed by atoms with Crippen molar-refractivity contribution in [1.29, 1.82) is 0 Å². The maximum Gasteiger partial charge on any atom is 0.231 e. The molecule has 0 saturated heterocycles. The normalized spacial score (nSPS) is 38.4. The molecule has 0 saturated carbocycles. The average Bonchev–Trinajstić information content (AvgIpc) is 2.60. The van der Waals surface area contributed by atoms with Crippen LogP contribution in [0.4, 0.5) is 0 Å². The lowest BCUT2D eigenvalue weighted by Gasteiger charge is -2.35. The van der Waals surface area contributed by atoms with Gasteiger partial charge >= 0.3 is 0 Å². The van der Waals surface area contributed by atoms with Gasteiger partial charge in [-0.15, -0.1) is 19.8 Å². The summed E-state index contributed by atoms with van der Waals surface area (Å²) in [4.78, 5) is 0. The first-order valence-corrected chi connectivity index (χ1v) is 24.6. The molecule has 7 nitrogen and oxygen atoms in total. The fourth-order valence-corrected chi connectivity index (χ4v) is 28.4. The largest absolute Gasteiger partial charge is 0.231 e. The first-order valence-electron chi connectivity index (χ1n) is 5.17. The maximum atomic E-state index is 5.95. The molecule has 0 aliphatic carbocycles. The molecule has 2 rings (SSSR count). The number of hydrogen-bond acceptors (Lipinski definition) is 7. The molecule has 0 bridgehead atoms. The van der Waals surface area contributed by atoms with Crippen LogP contribution in [0.25, 0.3) is 0 Å². The number of halogens is 14. The van der Waals surface area contributed by atoms with Gasteiger partial charge in [0.25, 0.3) is 0 Å². The zero-order valence-electron chi connectivity index (χ0n) is 11.6. The predicted octanol–water partition coefficient (Wildman–Crippen LogP) is 14.5. The number of nitrogens with zero attached hydrogens (tertiary/aromatic N) is 7. The Balaban J connectivity index is 0.000000292. The molecular formula is Cl14N7P7. The van der Waals surface area contributed by atoms with E-state index in [9.17, 15) is 0 Å². The van der Waals surface area contributed by atoms with Crippen molar-refractivity contribution < 1.29 is 0 Å². The Bertz CT molecular complexity index is 636. The molecular weight excluding hydrogens is 811 g/mol. The van der Waals surface area contributed by atoms with Crippen LogP contribution in [-0.2, 0) is 0 Å². The first-order chi connectivity index (χ1) is 12.5. The Morgan fingerprint density at radius 3 is 1.14 bits per heavy atom. The molecule has 0 aromatic carbocycles. The van der Waals surface area contributed by atoms with Gasteiger partial charge in [-0.3, -0.25) is 0 Å². The minimum Gasteiger partial charge on any atom is -0.201 e. The van der Waals surface area contributed by atoms with Crippen molar-refractivity contribution in [3.63, 3.8) is 0 Å². The number of hydrogen-bond donors (Lipinski definition) is 0. The van der Waals surface area contributed by atoms with Gasteiger partial charge in [0.1, 0.15) is 0 Å². The fraction of sp³-hybridized carbons (Fsp3) is 0. The van der Waals surface area contributed by atoms with Crippen molar-refractivity contribution in [1.82, 2.24) is 19.8 Å². The van der Waals surface area contributed by atoms with E-state index in [4.69, 9.17) is 160 Å². The molecule has 2 heterocycles. The Kier molecular flexibility index (Phi) is 16.1. The number of rotatable bonds is 0. The van der Waals surface area contributed by atoms with Crippen LogP contribution < -0.4 is 0 Å². The highest BCUT2D eigenvalue weighted by Crippen LogP contribution is 2.86. The lowest BCUT2D eigenvalue weighted by molar-refractivity contribution is 1.01. The summed E-state index contributed by atoms with van der Waals surface area (Å²) in [6, 6.07) is 0. The van der Waals surface area contributed by atoms with Crippen molar-refractivity contribution in [2.24, 2.45) is 9.03 Å². The second-order valence-electron chi connectivity index (χ2n) is 3.50. The van der Waals surface area contributed by atoms with Gasteiger partial charge in [0.05, 0.1) is 0 Å². The van der Waals surface area contributed by atoms with Crippen LogP contribution in [0.3, 0.4) is 0 Å². The maximum absolute atomic E-state index is 5.95. The third-order valence-corrected chi connectivity index (χ3v) is 33.8. The third-order valence-electron chi connectivity index (χ3n) is 1.85. The molecule has 0 aromatic heterocycles. The Morgan fingerprint density at radius 1 is 0.500 bits per heavy atom. The summed E-state index contributed by atoms with van der Waals surface area (Å²) in [6.45, 7) is 0. The lowest BCUT2D eigenvalue weighted by atomic mass is 13.7. The van der Waals surface area contributed by atoms with Crippen LogP contribution in [0.2, 0.25) is 0 Å². The second kappa shape index (κ2) is 13.9. The van der Waals surface area contributed by atoms with Gasteiger partial charge in [0, 0.05) is 0 Å². The monoisotopic (exact) mass is 804 g/mol. The second-order valence-corrected chi connectivity index (χ2v) is 30.0. The summed E-state index contributed by atoms with van der Waals surface area (Å²) in [5.41, 5.74) is 0. The zero-order valence-corrected chi connectivity index (χ0v) is 28.4. The first kappa shape index (κ1) is 32.5. The molecule has 28 heteroatoms. The van der Waals surface area contributed by atoms with Crippen LogP contribution in [0.1, 0.15) is 0 Å². The molecule has 168 valence electrons. The van der Waals surface area contributed by atoms with Crippen LogP contribution in [-0.4, -0.2) is 19.8 Å². The lowest BCUT2D eigenvalue weighted by Crippen LogP contribution is -2.09. The Hall–Kier alpha value is 6.47. The summed E-state index contributed by atoms with van der Waals surface area (Å²) in [5, 5.41) is 0. The molecule has 0 spiro atoms. The van der Waals surface area contributed by atoms with E-state index >= 15 is 0 Å². The highest BCUT2D eigenvalue weighted by atomic mass is 35.9. The smallest absolute Gasteiger partial charge is 0.201 e. The van der Waals surface area contributed by atoms with Gasteiger partial charge < -0.3 is 0 Å². The molecule has 5 unspecified atom stereocenters. The third kappa shape index (κ3) is 8.79. The molecule has 2 aliphatic heterocycles. The molecule has 0 N–H and O–H groups in total. The van der Waals surface area contributed by atoms with E-state index in [1.165, 1.54) is 0 Å². The SMILES string of the molecule is ClN1P(Cl)N=P(Cl)(Cl)N(Cl)P(Cl)N(Cl)P1Cl.ClN1P(Cl)N=P(Cl)(Cl)N(Cl)P1Cl. The van der Waals surface area contributed by atoms with Crippen molar-refractivity contribution in [3.8, 4) is 0 Å². The summed E-state index contributed by atoms with van der Waals surface area (Å²) in [7, 11) is -8.06. The van der Waals surface area contributed by atoms with Gasteiger partial charge in [-0.1, -0.05) is 33.7 Å². The van der Waals surface area contributed by atoms with Gasteiger partial charge in [0.2, 0.25) is 27.0 Å². The molecule has 28 heavy (non-hydrogen) atoms. The van der Waals surface area contributed by atoms with Crippen LogP contribution in [0, 0.1) is 0 Å². The van der Waals surface area contributed by atoms with Crippen LogP contribution >= 0.6 is 210 Å². The van der Waals surface area contributed by atoms with E-state index in [-0.39, 0.29) is 0 Å². The van der Waals surface area contributed by atoms with Crippen molar-refractivity contribution >= 4 is 210 Å². The molecule has 0 amide bonds. The summed E-state index contributed by atoms with van der Waals surface area (Å²) in [6.07, 6.45) is 0. The highest BCUT2D eigenvalue weighted by molar-refractivity contribution is 8.19. The summed E-state index contributed by atoms with van der Waals surface area (Å²) >= 11 is 81.5. The van der Waals surface area contributed by atoms with Gasteiger partial charge in [0.15, 0.2) is 22.7 Å². The fourth-order valence-electron chi connectivity index (χ4n) is 0.853. The molecule has 0 radical (unpaired) electrons. The quantitative estimate of drug-likeness (QED) is 0.180. The van der Waals surface area contributed by atoms with Crippen molar-refractivity contribution in [2.75, 3.05) is 0 Å². The molecule has 5 atom stereocenters. The van der Waals surface area contributed by atoms with Crippen molar-refractivity contribution in [2.45, 2.75) is 0 Å². The van der Waals surface area contributed by atoms with E-state index in [1.54, 1.807) is 0 Å². The summed E-state index contributed by atoms with van der Waals surface area (Å²) < 4.78 is 12.9.